The molecule has 0 amide bonds. The highest BCUT2D eigenvalue weighted by Gasteiger charge is 2.15. The Morgan fingerprint density at radius 1 is 1.19 bits per heavy atom. The van der Waals surface area contributed by atoms with E-state index in [9.17, 15) is 0 Å². The highest BCUT2D eigenvalue weighted by atomic mass is 28.3. The average Bonchev–Trinajstić information content (AvgIpc) is 2.24. The highest BCUT2D eigenvalue weighted by molar-refractivity contribution is 6.88. The van der Waals surface area contributed by atoms with Gasteiger partial charge < -0.3 is 5.32 Å². The fourth-order valence-corrected chi connectivity index (χ4v) is 2.73. The first-order chi connectivity index (χ1) is 7.54. The summed E-state index contributed by atoms with van der Waals surface area (Å²) in [5.74, 6) is 0. The third-order valence-corrected chi connectivity index (χ3v) is 4.74. The van der Waals surface area contributed by atoms with Gasteiger partial charge in [-0.1, -0.05) is 55.2 Å². The van der Waals surface area contributed by atoms with Crippen molar-refractivity contribution >= 4 is 13.3 Å². The van der Waals surface area contributed by atoms with Gasteiger partial charge in [-0.15, -0.1) is 6.58 Å². The molecule has 0 saturated heterocycles. The highest BCUT2D eigenvalue weighted by Crippen LogP contribution is 2.04. The zero-order valence-electron chi connectivity index (χ0n) is 10.7. The maximum absolute atomic E-state index is 3.71. The molecule has 1 aromatic rings. The number of rotatable bonds is 6. The lowest BCUT2D eigenvalue weighted by atomic mass is 10.2. The fraction of sp³-hybridized carbons (Fsp3) is 0.429. The molecule has 0 atom stereocenters. The monoisotopic (exact) mass is 233 g/mol. The third kappa shape index (κ3) is 4.33. The first-order valence-electron chi connectivity index (χ1n) is 5.95. The van der Waals surface area contributed by atoms with E-state index in [1.807, 2.05) is 6.08 Å². The van der Waals surface area contributed by atoms with Crippen molar-refractivity contribution in [1.82, 2.24) is 5.32 Å². The van der Waals surface area contributed by atoms with Gasteiger partial charge in [0.15, 0.2) is 0 Å². The van der Waals surface area contributed by atoms with Crippen LogP contribution in [0.3, 0.4) is 0 Å². The zero-order valence-corrected chi connectivity index (χ0v) is 11.7. The molecule has 1 rings (SSSR count). The number of hydrogen-bond acceptors (Lipinski definition) is 1. The lowest BCUT2D eigenvalue weighted by Gasteiger charge is -2.16. The summed E-state index contributed by atoms with van der Waals surface area (Å²) in [5, 5.41) is 4.93. The van der Waals surface area contributed by atoms with Crippen LogP contribution in [0.25, 0.3) is 0 Å². The van der Waals surface area contributed by atoms with E-state index in [0.29, 0.717) is 0 Å². The Balaban J connectivity index is 2.48. The van der Waals surface area contributed by atoms with Gasteiger partial charge in [0, 0.05) is 6.54 Å². The van der Waals surface area contributed by atoms with E-state index in [1.165, 1.54) is 10.8 Å². The number of hydrogen-bond donors (Lipinski definition) is 1. The molecule has 0 heterocycles. The lowest BCUT2D eigenvalue weighted by molar-refractivity contribution is 0.696. The summed E-state index contributed by atoms with van der Waals surface area (Å²) in [6.07, 6.45) is 2.98. The quantitative estimate of drug-likeness (QED) is 0.452. The summed E-state index contributed by atoms with van der Waals surface area (Å²) >= 11 is 0. The largest absolute Gasteiger partial charge is 0.312 e. The number of nitrogens with one attached hydrogen (secondary N) is 1. The Morgan fingerprint density at radius 3 is 2.31 bits per heavy atom. The molecule has 0 aliphatic carbocycles. The van der Waals surface area contributed by atoms with E-state index in [-0.39, 0.29) is 0 Å². The van der Waals surface area contributed by atoms with Crippen LogP contribution in [0.2, 0.25) is 19.6 Å². The maximum atomic E-state index is 3.71. The molecule has 1 aromatic carbocycles. The Morgan fingerprint density at radius 2 is 1.81 bits per heavy atom. The standard InChI is InChI=1S/C14H23NSi/c1-5-6-11-15-12-13-7-9-14(10-8-13)16(2,3)4/h5,7-10,15H,1,6,11-12H2,2-4H3. The molecule has 2 heteroatoms. The molecular formula is C14H23NSi. The smallest absolute Gasteiger partial charge is 0.0775 e. The van der Waals surface area contributed by atoms with Crippen LogP contribution in [-0.2, 0) is 6.54 Å². The second kappa shape index (κ2) is 6.02. The molecule has 0 spiro atoms. The second-order valence-corrected chi connectivity index (χ2v) is 10.3. The van der Waals surface area contributed by atoms with Crippen molar-refractivity contribution < 1.29 is 0 Å². The van der Waals surface area contributed by atoms with Gasteiger partial charge in [-0.3, -0.25) is 0 Å². The molecule has 0 unspecified atom stereocenters. The van der Waals surface area contributed by atoms with Crippen molar-refractivity contribution in [3.8, 4) is 0 Å². The van der Waals surface area contributed by atoms with Crippen molar-refractivity contribution in [3.63, 3.8) is 0 Å². The maximum Gasteiger partial charge on any atom is 0.0775 e. The predicted octanol–water partition coefficient (Wildman–Crippen LogP) is 2.90. The molecule has 16 heavy (non-hydrogen) atoms. The van der Waals surface area contributed by atoms with Gasteiger partial charge >= 0.3 is 0 Å². The van der Waals surface area contributed by atoms with Gasteiger partial charge in [0.25, 0.3) is 0 Å². The molecule has 0 fully saturated rings. The van der Waals surface area contributed by atoms with E-state index >= 15 is 0 Å². The van der Waals surface area contributed by atoms with Crippen LogP contribution in [0.4, 0.5) is 0 Å². The van der Waals surface area contributed by atoms with Crippen LogP contribution in [0.5, 0.6) is 0 Å². The summed E-state index contributed by atoms with van der Waals surface area (Å²) in [6.45, 7) is 12.8. The van der Waals surface area contributed by atoms with Crippen LogP contribution < -0.4 is 10.5 Å². The first-order valence-corrected chi connectivity index (χ1v) is 9.45. The van der Waals surface area contributed by atoms with E-state index in [0.717, 1.165) is 19.5 Å². The minimum Gasteiger partial charge on any atom is -0.312 e. The molecule has 0 bridgehead atoms. The minimum absolute atomic E-state index is 0.958. The van der Waals surface area contributed by atoms with Crippen molar-refractivity contribution in [1.29, 1.82) is 0 Å². The third-order valence-electron chi connectivity index (χ3n) is 2.67. The summed E-state index contributed by atoms with van der Waals surface area (Å²) in [5.41, 5.74) is 1.37. The van der Waals surface area contributed by atoms with Gasteiger partial charge in [0.1, 0.15) is 0 Å². The normalized spacial score (nSPS) is 11.4. The van der Waals surface area contributed by atoms with Crippen molar-refractivity contribution in [2.24, 2.45) is 0 Å². The van der Waals surface area contributed by atoms with Crippen molar-refractivity contribution in [3.05, 3.63) is 42.5 Å². The van der Waals surface area contributed by atoms with Gasteiger partial charge in [-0.05, 0) is 18.5 Å². The van der Waals surface area contributed by atoms with E-state index in [2.05, 4.69) is 55.8 Å². The first kappa shape index (κ1) is 13.2. The SMILES string of the molecule is C=CCCNCc1ccc([Si](C)(C)C)cc1. The molecule has 0 aromatic heterocycles. The number of benzene rings is 1. The van der Waals surface area contributed by atoms with Gasteiger partial charge in [0.05, 0.1) is 8.07 Å². The van der Waals surface area contributed by atoms with Crippen LogP contribution >= 0.6 is 0 Å². The predicted molar refractivity (Wildman–Crippen MR) is 75.9 cm³/mol. The second-order valence-electron chi connectivity index (χ2n) is 5.20. The Labute approximate surface area is 101 Å². The molecule has 0 radical (unpaired) electrons. The summed E-state index contributed by atoms with van der Waals surface area (Å²) in [6, 6.07) is 9.07. The van der Waals surface area contributed by atoms with Crippen LogP contribution in [-0.4, -0.2) is 14.6 Å². The fourth-order valence-electron chi connectivity index (χ4n) is 1.56. The van der Waals surface area contributed by atoms with Crippen molar-refractivity contribution in [2.75, 3.05) is 6.54 Å². The summed E-state index contributed by atoms with van der Waals surface area (Å²) in [7, 11) is -1.13. The Kier molecular flexibility index (Phi) is 4.96. The molecule has 1 N–H and O–H groups in total. The Bertz CT molecular complexity index is 322. The minimum atomic E-state index is -1.13. The molecule has 1 nitrogen and oxygen atoms in total. The molecule has 0 aliphatic heterocycles. The van der Waals surface area contributed by atoms with Gasteiger partial charge in [-0.25, -0.2) is 0 Å². The van der Waals surface area contributed by atoms with E-state index in [4.69, 9.17) is 0 Å². The molecule has 0 saturated carbocycles. The average molecular weight is 233 g/mol. The molecular weight excluding hydrogens is 210 g/mol. The van der Waals surface area contributed by atoms with E-state index < -0.39 is 8.07 Å². The summed E-state index contributed by atoms with van der Waals surface area (Å²) < 4.78 is 0. The molecule has 88 valence electrons. The van der Waals surface area contributed by atoms with Crippen LogP contribution in [0, 0.1) is 0 Å². The van der Waals surface area contributed by atoms with Crippen LogP contribution in [0.1, 0.15) is 12.0 Å². The van der Waals surface area contributed by atoms with Crippen LogP contribution in [0.15, 0.2) is 36.9 Å². The topological polar surface area (TPSA) is 12.0 Å². The molecule has 0 aliphatic rings. The van der Waals surface area contributed by atoms with Gasteiger partial charge in [0.2, 0.25) is 0 Å². The summed E-state index contributed by atoms with van der Waals surface area (Å²) in [4.78, 5) is 0. The zero-order chi connectivity index (χ0) is 12.0. The Hall–Kier alpha value is -0.863. The van der Waals surface area contributed by atoms with Gasteiger partial charge in [-0.2, -0.15) is 0 Å². The van der Waals surface area contributed by atoms with Crippen molar-refractivity contribution in [2.45, 2.75) is 32.6 Å². The van der Waals surface area contributed by atoms with E-state index in [1.54, 1.807) is 0 Å². The lowest BCUT2D eigenvalue weighted by Crippen LogP contribution is -2.37.